The number of allylic oxidation sites excluding steroid dienone is 3. The van der Waals surface area contributed by atoms with Gasteiger partial charge in [0.15, 0.2) is 5.82 Å². The van der Waals surface area contributed by atoms with Crippen molar-refractivity contribution in [2.45, 2.75) is 84.1 Å². The molecule has 1 N–H and O–H groups in total. The third-order valence-electron chi connectivity index (χ3n) is 8.11. The van der Waals surface area contributed by atoms with Crippen LogP contribution in [0.5, 0.6) is 0 Å². The lowest BCUT2D eigenvalue weighted by Crippen LogP contribution is -2.34. The Bertz CT molecular complexity index is 975. The summed E-state index contributed by atoms with van der Waals surface area (Å²) >= 11 is 0. The molecule has 5 rings (SSSR count). The van der Waals surface area contributed by atoms with Crippen molar-refractivity contribution >= 4 is 11.9 Å². The highest BCUT2D eigenvalue weighted by molar-refractivity contribution is 5.79. The van der Waals surface area contributed by atoms with Gasteiger partial charge in [0.2, 0.25) is 5.91 Å². The average Bonchev–Trinajstić information content (AvgIpc) is 3.74. The highest BCUT2D eigenvalue weighted by Crippen LogP contribution is 2.50. The number of carbonyl (C=O) groups is 1. The number of aromatic nitrogens is 2. The molecule has 7 nitrogen and oxygen atoms in total. The summed E-state index contributed by atoms with van der Waals surface area (Å²) < 4.78 is 26.1. The van der Waals surface area contributed by atoms with Crippen LogP contribution in [-0.2, 0) is 9.53 Å². The fourth-order valence-electron chi connectivity index (χ4n) is 5.62. The summed E-state index contributed by atoms with van der Waals surface area (Å²) in [7, 11) is 0. The Morgan fingerprint density at radius 3 is 2.71 bits per heavy atom. The molecule has 1 aromatic rings. The van der Waals surface area contributed by atoms with E-state index in [0.717, 1.165) is 62.9 Å². The molecule has 1 saturated heterocycles. The largest absolute Gasteiger partial charge is 0.498 e. The molecular formula is C27H39FN4O3. The van der Waals surface area contributed by atoms with Crippen LogP contribution in [0.15, 0.2) is 27.8 Å². The molecule has 0 bridgehead atoms. The standard InChI is InChI=1S/C27H39FN4O3/c1-16(2)26-30-27(35-31-26)32-9-6-18(7-10-32)23-13-19(23)8-11-34-21-12-17(3)22(24(28)14-21)15-25(33)29-20-4-5-20/h14,16-20,23H,4-13,15H2,1-3H3,(H,29,33)/t17?,19-,23-/m1/s1. The van der Waals surface area contributed by atoms with Gasteiger partial charge < -0.3 is 19.5 Å². The number of amides is 1. The number of nitrogens with one attached hydrogen (secondary N) is 1. The molecule has 1 aliphatic heterocycles. The Morgan fingerprint density at radius 2 is 2.06 bits per heavy atom. The quantitative estimate of drug-likeness (QED) is 0.485. The van der Waals surface area contributed by atoms with E-state index >= 15 is 0 Å². The molecule has 1 amide bonds. The van der Waals surface area contributed by atoms with Crippen molar-refractivity contribution < 1.29 is 18.4 Å². The number of anilines is 1. The van der Waals surface area contributed by atoms with Gasteiger partial charge in [0.05, 0.1) is 18.8 Å². The van der Waals surface area contributed by atoms with Gasteiger partial charge >= 0.3 is 6.01 Å². The van der Waals surface area contributed by atoms with Gasteiger partial charge in [-0.2, -0.15) is 4.98 Å². The summed E-state index contributed by atoms with van der Waals surface area (Å²) in [5, 5.41) is 7.04. The minimum Gasteiger partial charge on any atom is -0.498 e. The van der Waals surface area contributed by atoms with E-state index in [4.69, 9.17) is 9.26 Å². The maximum atomic E-state index is 14.7. The molecule has 2 saturated carbocycles. The van der Waals surface area contributed by atoms with Gasteiger partial charge in [-0.25, -0.2) is 4.39 Å². The molecule has 3 atom stereocenters. The van der Waals surface area contributed by atoms with Gasteiger partial charge in [-0.3, -0.25) is 4.79 Å². The van der Waals surface area contributed by atoms with Crippen molar-refractivity contribution in [2.75, 3.05) is 24.6 Å². The van der Waals surface area contributed by atoms with E-state index in [1.807, 2.05) is 6.92 Å². The lowest BCUT2D eigenvalue weighted by Gasteiger charge is -2.30. The zero-order valence-corrected chi connectivity index (χ0v) is 21.3. The van der Waals surface area contributed by atoms with Crippen LogP contribution in [0, 0.1) is 23.7 Å². The van der Waals surface area contributed by atoms with Crippen molar-refractivity contribution in [1.82, 2.24) is 15.5 Å². The van der Waals surface area contributed by atoms with Crippen LogP contribution in [0.1, 0.15) is 83.9 Å². The lowest BCUT2D eigenvalue weighted by atomic mass is 9.89. The first-order valence-corrected chi connectivity index (χ1v) is 13.5. The second kappa shape index (κ2) is 10.3. The van der Waals surface area contributed by atoms with Gasteiger partial charge in [0.1, 0.15) is 5.83 Å². The summed E-state index contributed by atoms with van der Waals surface area (Å²) in [5.41, 5.74) is 0.602. The molecule has 1 unspecified atom stereocenters. The SMILES string of the molecule is CC1CC(OCC[C@@H]2C[C@@H]2C2CCN(c3nc(C(C)C)no3)CC2)=CC(F)=C1CC(=O)NC1CC1. The van der Waals surface area contributed by atoms with E-state index in [-0.39, 0.29) is 30.0 Å². The number of carbonyl (C=O) groups excluding carboxylic acids is 1. The van der Waals surface area contributed by atoms with Gasteiger partial charge in [-0.15, -0.1) is 0 Å². The van der Waals surface area contributed by atoms with E-state index in [1.54, 1.807) is 0 Å². The average molecular weight is 487 g/mol. The molecule has 0 spiro atoms. The molecule has 4 aliphatic rings. The smallest absolute Gasteiger partial charge is 0.324 e. The first kappa shape index (κ1) is 24.3. The minimum atomic E-state index is -0.289. The van der Waals surface area contributed by atoms with Crippen molar-refractivity contribution in [3.8, 4) is 0 Å². The number of ether oxygens (including phenoxy) is 1. The highest BCUT2D eigenvalue weighted by Gasteiger charge is 2.43. The van der Waals surface area contributed by atoms with E-state index in [0.29, 0.717) is 42.3 Å². The number of nitrogens with zero attached hydrogens (tertiary/aromatic N) is 3. The first-order valence-electron chi connectivity index (χ1n) is 13.5. The van der Waals surface area contributed by atoms with E-state index in [2.05, 4.69) is 34.2 Å². The molecule has 35 heavy (non-hydrogen) atoms. The summed E-state index contributed by atoms with van der Waals surface area (Å²) in [6.45, 7) is 8.72. The van der Waals surface area contributed by atoms with Crippen LogP contribution in [0.4, 0.5) is 10.4 Å². The maximum absolute atomic E-state index is 14.7. The Kier molecular flexibility index (Phi) is 7.17. The fourth-order valence-corrected chi connectivity index (χ4v) is 5.62. The van der Waals surface area contributed by atoms with Crippen LogP contribution >= 0.6 is 0 Å². The predicted octanol–water partition coefficient (Wildman–Crippen LogP) is 5.27. The van der Waals surface area contributed by atoms with Crippen molar-refractivity contribution in [3.63, 3.8) is 0 Å². The summed E-state index contributed by atoms with van der Waals surface area (Å²) in [5.74, 6) is 3.66. The third-order valence-corrected chi connectivity index (χ3v) is 8.11. The molecule has 3 aliphatic carbocycles. The van der Waals surface area contributed by atoms with Crippen molar-refractivity contribution in [1.29, 1.82) is 0 Å². The Labute approximate surface area is 207 Å². The number of halogens is 1. The summed E-state index contributed by atoms with van der Waals surface area (Å²) in [6.07, 6.45) is 9.04. The zero-order chi connectivity index (χ0) is 24.5. The molecule has 2 heterocycles. The number of hydrogen-bond donors (Lipinski definition) is 1. The predicted molar refractivity (Wildman–Crippen MR) is 131 cm³/mol. The molecule has 192 valence electrons. The van der Waals surface area contributed by atoms with Crippen LogP contribution in [0.3, 0.4) is 0 Å². The van der Waals surface area contributed by atoms with Crippen LogP contribution in [0.25, 0.3) is 0 Å². The van der Waals surface area contributed by atoms with Gasteiger partial charge in [-0.1, -0.05) is 25.9 Å². The topological polar surface area (TPSA) is 80.5 Å². The fraction of sp³-hybridized carbons (Fsp3) is 0.741. The third kappa shape index (κ3) is 6.07. The molecule has 0 radical (unpaired) electrons. The lowest BCUT2D eigenvalue weighted by molar-refractivity contribution is -0.120. The number of piperidine rings is 1. The number of rotatable bonds is 10. The molecule has 0 aromatic carbocycles. The van der Waals surface area contributed by atoms with Crippen LogP contribution in [-0.4, -0.2) is 41.8 Å². The molecule has 1 aromatic heterocycles. The summed E-state index contributed by atoms with van der Waals surface area (Å²) in [4.78, 5) is 18.8. The second-order valence-electron chi connectivity index (χ2n) is 11.3. The van der Waals surface area contributed by atoms with Crippen molar-refractivity contribution in [3.05, 3.63) is 29.1 Å². The first-order chi connectivity index (χ1) is 16.9. The normalized spacial score (nSPS) is 27.3. The molecule has 8 heteroatoms. The molecule has 3 fully saturated rings. The maximum Gasteiger partial charge on any atom is 0.324 e. The Morgan fingerprint density at radius 1 is 1.29 bits per heavy atom. The zero-order valence-electron chi connectivity index (χ0n) is 21.3. The highest BCUT2D eigenvalue weighted by atomic mass is 19.1. The van der Waals surface area contributed by atoms with Gasteiger partial charge in [-0.05, 0) is 67.8 Å². The van der Waals surface area contributed by atoms with E-state index < -0.39 is 0 Å². The van der Waals surface area contributed by atoms with Gasteiger partial charge in [0.25, 0.3) is 0 Å². The van der Waals surface area contributed by atoms with Crippen LogP contribution < -0.4 is 10.2 Å². The minimum absolute atomic E-state index is 0.00530. The van der Waals surface area contributed by atoms with Crippen molar-refractivity contribution in [2.24, 2.45) is 23.7 Å². The summed E-state index contributed by atoms with van der Waals surface area (Å²) in [6, 6.07) is 0.970. The number of hydrogen-bond acceptors (Lipinski definition) is 6. The van der Waals surface area contributed by atoms with E-state index in [1.165, 1.54) is 12.5 Å². The monoisotopic (exact) mass is 486 g/mol. The van der Waals surface area contributed by atoms with Gasteiger partial charge in [0, 0.05) is 37.5 Å². The Balaban J connectivity index is 1.02. The van der Waals surface area contributed by atoms with Crippen LogP contribution in [0.2, 0.25) is 0 Å². The molecular weight excluding hydrogens is 447 g/mol. The Hall–Kier alpha value is -2.38. The van der Waals surface area contributed by atoms with E-state index in [9.17, 15) is 9.18 Å². The second-order valence-corrected chi connectivity index (χ2v) is 11.3.